The zero-order chi connectivity index (χ0) is 20.8. The first-order valence-corrected chi connectivity index (χ1v) is 7.84. The highest BCUT2D eigenvalue weighted by atomic mass is 19.4. The van der Waals surface area contributed by atoms with Crippen molar-refractivity contribution in [1.82, 2.24) is 4.98 Å². The molecule has 8 nitrogen and oxygen atoms in total. The summed E-state index contributed by atoms with van der Waals surface area (Å²) in [5, 5.41) is 4.54. The number of carbonyl (C=O) groups is 3. The monoisotopic (exact) mass is 391 g/mol. The molecule has 2 N–H and O–H groups in total. The molecule has 1 rings (SSSR count). The minimum Gasteiger partial charge on any atom is -0.449 e. The van der Waals surface area contributed by atoms with Crippen molar-refractivity contribution in [3.05, 3.63) is 17.8 Å². The summed E-state index contributed by atoms with van der Waals surface area (Å²) >= 11 is 0. The van der Waals surface area contributed by atoms with Gasteiger partial charge in [0.15, 0.2) is 6.61 Å². The lowest BCUT2D eigenvalue weighted by molar-refractivity contribution is -0.186. The molecule has 0 unspecified atom stereocenters. The number of aromatic nitrogens is 1. The molecule has 27 heavy (non-hydrogen) atoms. The van der Waals surface area contributed by atoms with E-state index >= 15 is 0 Å². The molecule has 2 amide bonds. The Morgan fingerprint density at radius 3 is 2.30 bits per heavy atom. The Hall–Kier alpha value is -2.85. The molecule has 0 aliphatic carbocycles. The second-order valence-corrected chi connectivity index (χ2v) is 6.36. The van der Waals surface area contributed by atoms with Gasteiger partial charge in [-0.05, 0) is 38.8 Å². The molecular formula is C16H20F3N3O5. The number of hydrogen-bond acceptors (Lipinski definition) is 6. The molecule has 1 heterocycles. The molecule has 0 aromatic carbocycles. The Bertz CT molecular complexity index is 714. The molecule has 0 fully saturated rings. The highest BCUT2D eigenvalue weighted by Gasteiger charge is 2.31. The number of anilines is 2. The van der Waals surface area contributed by atoms with Gasteiger partial charge in [-0.3, -0.25) is 10.1 Å². The van der Waals surface area contributed by atoms with Gasteiger partial charge >= 0.3 is 24.1 Å². The van der Waals surface area contributed by atoms with E-state index in [0.29, 0.717) is 12.0 Å². The third-order valence-electron chi connectivity index (χ3n) is 2.78. The average Bonchev–Trinajstić information content (AvgIpc) is 2.51. The van der Waals surface area contributed by atoms with Crippen LogP contribution in [0.25, 0.3) is 0 Å². The van der Waals surface area contributed by atoms with Gasteiger partial charge < -0.3 is 14.8 Å². The van der Waals surface area contributed by atoms with Gasteiger partial charge in [0, 0.05) is 0 Å². The van der Waals surface area contributed by atoms with Crippen LogP contribution in [-0.4, -0.2) is 41.3 Å². The number of carbonyl (C=O) groups excluding carboxylic acids is 3. The number of esters is 1. The first kappa shape index (κ1) is 22.2. The number of halogens is 3. The number of ether oxygens (including phenoxy) is 2. The molecule has 0 radical (unpaired) electrons. The smallest absolute Gasteiger partial charge is 0.422 e. The molecule has 0 atom stereocenters. The van der Waals surface area contributed by atoms with Gasteiger partial charge in [0.25, 0.3) is 0 Å². The summed E-state index contributed by atoms with van der Waals surface area (Å²) in [4.78, 5) is 38.6. The summed E-state index contributed by atoms with van der Waals surface area (Å²) < 4.78 is 44.9. The van der Waals surface area contributed by atoms with Crippen LogP contribution < -0.4 is 10.6 Å². The van der Waals surface area contributed by atoms with Crippen LogP contribution in [0.2, 0.25) is 0 Å². The Labute approximate surface area is 153 Å². The second kappa shape index (κ2) is 8.69. The Morgan fingerprint density at radius 2 is 1.78 bits per heavy atom. The highest BCUT2D eigenvalue weighted by molar-refractivity contribution is 6.37. The molecule has 1 aromatic rings. The molecule has 0 spiro atoms. The largest absolute Gasteiger partial charge is 0.449 e. The van der Waals surface area contributed by atoms with Crippen molar-refractivity contribution in [2.45, 2.75) is 45.9 Å². The number of rotatable bonds is 4. The van der Waals surface area contributed by atoms with Crippen molar-refractivity contribution in [2.24, 2.45) is 0 Å². The van der Waals surface area contributed by atoms with E-state index in [2.05, 4.69) is 20.4 Å². The molecule has 11 heteroatoms. The van der Waals surface area contributed by atoms with E-state index in [1.54, 1.807) is 27.7 Å². The van der Waals surface area contributed by atoms with Gasteiger partial charge in [0.05, 0.1) is 11.9 Å². The quantitative estimate of drug-likeness (QED) is 0.604. The number of hydrogen-bond donors (Lipinski definition) is 2. The van der Waals surface area contributed by atoms with E-state index in [9.17, 15) is 27.6 Å². The van der Waals surface area contributed by atoms with Crippen LogP contribution >= 0.6 is 0 Å². The summed E-state index contributed by atoms with van der Waals surface area (Å²) in [7, 11) is 0. The summed E-state index contributed by atoms with van der Waals surface area (Å²) in [5.41, 5.74) is -0.154. The fraction of sp³-hybridized carbons (Fsp3) is 0.500. The van der Waals surface area contributed by atoms with Crippen molar-refractivity contribution in [3.63, 3.8) is 0 Å². The molecule has 0 aliphatic rings. The lowest BCUT2D eigenvalue weighted by atomic mass is 10.2. The molecular weight excluding hydrogens is 371 g/mol. The number of aryl methyl sites for hydroxylation is 1. The maximum absolute atomic E-state index is 12.0. The van der Waals surface area contributed by atoms with Crippen molar-refractivity contribution in [1.29, 1.82) is 0 Å². The van der Waals surface area contributed by atoms with Crippen LogP contribution in [-0.2, 0) is 25.5 Å². The highest BCUT2D eigenvalue weighted by Crippen LogP contribution is 2.20. The third kappa shape index (κ3) is 8.38. The molecule has 1 aromatic heterocycles. The number of alkyl halides is 3. The van der Waals surface area contributed by atoms with Crippen LogP contribution in [0, 0.1) is 0 Å². The van der Waals surface area contributed by atoms with Gasteiger partial charge in [0.2, 0.25) is 0 Å². The van der Waals surface area contributed by atoms with Crippen LogP contribution in [0.5, 0.6) is 0 Å². The summed E-state index contributed by atoms with van der Waals surface area (Å²) in [6, 6.07) is 1.41. The Kier molecular flexibility index (Phi) is 7.14. The van der Waals surface area contributed by atoms with E-state index in [4.69, 9.17) is 4.74 Å². The fourth-order valence-corrected chi connectivity index (χ4v) is 1.76. The second-order valence-electron chi connectivity index (χ2n) is 6.36. The fourth-order valence-electron chi connectivity index (χ4n) is 1.76. The van der Waals surface area contributed by atoms with Crippen molar-refractivity contribution in [2.75, 3.05) is 17.2 Å². The lowest BCUT2D eigenvalue weighted by Crippen LogP contribution is -2.29. The van der Waals surface area contributed by atoms with E-state index in [0.717, 1.165) is 6.20 Å². The van der Waals surface area contributed by atoms with E-state index in [1.807, 2.05) is 0 Å². The minimum atomic E-state index is -4.73. The van der Waals surface area contributed by atoms with Gasteiger partial charge in [-0.15, -0.1) is 0 Å². The first-order chi connectivity index (χ1) is 12.3. The Morgan fingerprint density at radius 1 is 1.15 bits per heavy atom. The van der Waals surface area contributed by atoms with Crippen LogP contribution in [0.3, 0.4) is 0 Å². The van der Waals surface area contributed by atoms with Crippen LogP contribution in [0.1, 0.15) is 33.3 Å². The predicted octanol–water partition coefficient (Wildman–Crippen LogP) is 3.04. The Balaban J connectivity index is 2.77. The van der Waals surface area contributed by atoms with Gasteiger partial charge in [-0.2, -0.15) is 13.2 Å². The van der Waals surface area contributed by atoms with Gasteiger partial charge in [0.1, 0.15) is 11.4 Å². The average molecular weight is 391 g/mol. The maximum atomic E-state index is 12.0. The van der Waals surface area contributed by atoms with Gasteiger partial charge in [-0.1, -0.05) is 6.92 Å². The van der Waals surface area contributed by atoms with Crippen molar-refractivity contribution >= 4 is 29.5 Å². The van der Waals surface area contributed by atoms with E-state index < -0.39 is 36.4 Å². The lowest BCUT2D eigenvalue weighted by Gasteiger charge is -2.20. The maximum Gasteiger partial charge on any atom is 0.422 e. The normalized spacial score (nSPS) is 11.5. The SMILES string of the molecule is CCc1cc(NC(=O)C(=O)OCC(F)(F)F)cnc1NC(=O)OC(C)(C)C. The van der Waals surface area contributed by atoms with Gasteiger partial charge in [-0.25, -0.2) is 14.6 Å². The van der Waals surface area contributed by atoms with Crippen molar-refractivity contribution in [3.8, 4) is 0 Å². The molecule has 0 aliphatic heterocycles. The zero-order valence-electron chi connectivity index (χ0n) is 15.2. The van der Waals surface area contributed by atoms with Crippen LogP contribution in [0.15, 0.2) is 12.3 Å². The van der Waals surface area contributed by atoms with Crippen LogP contribution in [0.4, 0.5) is 29.5 Å². The van der Waals surface area contributed by atoms with Crippen molar-refractivity contribution < 1.29 is 37.0 Å². The third-order valence-corrected chi connectivity index (χ3v) is 2.78. The number of nitrogens with zero attached hydrogens (tertiary/aromatic N) is 1. The summed E-state index contributed by atoms with van der Waals surface area (Å²) in [5.74, 6) is -2.87. The predicted molar refractivity (Wildman–Crippen MR) is 89.1 cm³/mol. The number of nitrogens with one attached hydrogen (secondary N) is 2. The van der Waals surface area contributed by atoms with E-state index in [-0.39, 0.29) is 11.5 Å². The number of amides is 2. The molecule has 0 saturated carbocycles. The molecule has 0 bridgehead atoms. The standard InChI is InChI=1S/C16H20F3N3O5/c1-5-9-6-10(21-12(23)13(24)26-8-16(17,18)19)7-20-11(9)22-14(25)27-15(2,3)4/h6-7H,5,8H2,1-4H3,(H,21,23)(H,20,22,25). The first-order valence-electron chi connectivity index (χ1n) is 7.84. The molecule has 150 valence electrons. The van der Waals surface area contributed by atoms with E-state index in [1.165, 1.54) is 6.07 Å². The summed E-state index contributed by atoms with van der Waals surface area (Å²) in [6.45, 7) is 4.96. The zero-order valence-corrected chi connectivity index (χ0v) is 15.2. The summed E-state index contributed by atoms with van der Waals surface area (Å²) in [6.07, 6.45) is -3.93. The molecule has 0 saturated heterocycles. The number of pyridine rings is 1. The minimum absolute atomic E-state index is 0.0514. The topological polar surface area (TPSA) is 107 Å².